The molecule has 0 saturated carbocycles. The van der Waals surface area contributed by atoms with Gasteiger partial charge in [-0.1, -0.05) is 370 Å². The number of phosphoric acid groups is 2. The summed E-state index contributed by atoms with van der Waals surface area (Å²) >= 11 is 0. The molecule has 0 spiro atoms. The third-order valence-electron chi connectivity index (χ3n) is 19.4. The summed E-state index contributed by atoms with van der Waals surface area (Å²) in [5.74, 6) is 1.00. The van der Waals surface area contributed by atoms with Crippen molar-refractivity contribution in [1.29, 1.82) is 0 Å². The lowest BCUT2D eigenvalue weighted by atomic mass is 10.00. The molecule has 0 aromatic carbocycles. The number of aliphatic hydroxyl groups is 1. The molecule has 600 valence electrons. The van der Waals surface area contributed by atoms with Gasteiger partial charge in [0.05, 0.1) is 26.4 Å². The monoisotopic (exact) mass is 1480 g/mol. The number of hydrogen-bond acceptors (Lipinski definition) is 15. The Morgan fingerprint density at radius 2 is 0.475 bits per heavy atom. The average molecular weight is 1480 g/mol. The van der Waals surface area contributed by atoms with Crippen LogP contribution in [0.1, 0.15) is 421 Å². The first-order valence-electron chi connectivity index (χ1n) is 42.2. The predicted molar refractivity (Wildman–Crippen MR) is 414 cm³/mol. The van der Waals surface area contributed by atoms with Gasteiger partial charge in [-0.3, -0.25) is 37.3 Å². The molecule has 0 aromatic rings. The molecule has 3 N–H and O–H groups in total. The number of unbranched alkanes of at least 4 members (excludes halogenated alkanes) is 44. The van der Waals surface area contributed by atoms with Gasteiger partial charge in [-0.15, -0.1) is 0 Å². The van der Waals surface area contributed by atoms with Crippen molar-refractivity contribution >= 4 is 39.5 Å². The van der Waals surface area contributed by atoms with Gasteiger partial charge in [-0.25, -0.2) is 9.13 Å². The lowest BCUT2D eigenvalue weighted by Crippen LogP contribution is -2.30. The van der Waals surface area contributed by atoms with Gasteiger partial charge in [0.2, 0.25) is 0 Å². The van der Waals surface area contributed by atoms with Gasteiger partial charge in [0.15, 0.2) is 12.2 Å². The van der Waals surface area contributed by atoms with E-state index in [4.69, 9.17) is 37.0 Å². The number of carbonyl (C=O) groups is 4. The highest BCUT2D eigenvalue weighted by Crippen LogP contribution is 2.45. The van der Waals surface area contributed by atoms with Crippen LogP contribution in [0.3, 0.4) is 0 Å². The van der Waals surface area contributed by atoms with Crippen LogP contribution in [0.4, 0.5) is 0 Å². The molecule has 0 aliphatic carbocycles. The number of ether oxygens (including phenoxy) is 4. The molecule has 0 bridgehead atoms. The van der Waals surface area contributed by atoms with E-state index < -0.39 is 97.5 Å². The predicted octanol–water partition coefficient (Wildman–Crippen LogP) is 24.4. The Bertz CT molecular complexity index is 1970. The smallest absolute Gasteiger partial charge is 0.462 e. The summed E-state index contributed by atoms with van der Waals surface area (Å²) in [5, 5.41) is 10.7. The fourth-order valence-electron chi connectivity index (χ4n) is 12.6. The van der Waals surface area contributed by atoms with E-state index in [9.17, 15) is 43.2 Å². The molecule has 3 unspecified atom stereocenters. The van der Waals surface area contributed by atoms with E-state index in [2.05, 4.69) is 55.4 Å². The summed E-state index contributed by atoms with van der Waals surface area (Å²) in [6.07, 6.45) is 58.3. The minimum atomic E-state index is -4.96. The van der Waals surface area contributed by atoms with E-state index in [-0.39, 0.29) is 25.7 Å². The fraction of sp³-hybridized carbons (Fsp3) is 0.951. The van der Waals surface area contributed by atoms with Gasteiger partial charge < -0.3 is 33.8 Å². The van der Waals surface area contributed by atoms with Crippen LogP contribution in [0.25, 0.3) is 0 Å². The maximum atomic E-state index is 13.1. The Hall–Kier alpha value is -1.94. The number of rotatable bonds is 79. The molecular formula is C82H160O17P2. The molecule has 0 aromatic heterocycles. The Balaban J connectivity index is 5.24. The second-order valence-electron chi connectivity index (χ2n) is 31.2. The molecule has 0 radical (unpaired) electrons. The highest BCUT2D eigenvalue weighted by molar-refractivity contribution is 7.47. The maximum Gasteiger partial charge on any atom is 0.472 e. The summed E-state index contributed by atoms with van der Waals surface area (Å²) < 4.78 is 68.8. The molecule has 19 heteroatoms. The van der Waals surface area contributed by atoms with Gasteiger partial charge in [0, 0.05) is 25.7 Å². The first-order chi connectivity index (χ1) is 48.6. The lowest BCUT2D eigenvalue weighted by Gasteiger charge is -2.21. The van der Waals surface area contributed by atoms with E-state index in [1.165, 1.54) is 218 Å². The number of phosphoric ester groups is 2. The molecule has 0 rings (SSSR count). The van der Waals surface area contributed by atoms with E-state index in [1.54, 1.807) is 0 Å². The minimum Gasteiger partial charge on any atom is -0.462 e. The summed E-state index contributed by atoms with van der Waals surface area (Å²) in [6, 6.07) is 0. The Kier molecular flexibility index (Phi) is 69.6. The molecular weight excluding hydrogens is 1320 g/mol. The van der Waals surface area contributed by atoms with Crippen molar-refractivity contribution < 1.29 is 80.2 Å². The first-order valence-corrected chi connectivity index (χ1v) is 45.2. The van der Waals surface area contributed by atoms with Crippen molar-refractivity contribution in [3.63, 3.8) is 0 Å². The van der Waals surface area contributed by atoms with Crippen molar-refractivity contribution in [1.82, 2.24) is 0 Å². The number of aliphatic hydroxyl groups excluding tert-OH is 1. The topological polar surface area (TPSA) is 237 Å². The largest absolute Gasteiger partial charge is 0.472 e. The number of carbonyl (C=O) groups excluding carboxylic acids is 4. The maximum absolute atomic E-state index is 13.1. The molecule has 0 heterocycles. The third-order valence-corrected chi connectivity index (χ3v) is 21.3. The zero-order valence-corrected chi connectivity index (χ0v) is 68.3. The van der Waals surface area contributed by atoms with Crippen molar-refractivity contribution in [3.8, 4) is 0 Å². The Morgan fingerprint density at radius 1 is 0.277 bits per heavy atom. The normalized spacial score (nSPS) is 14.3. The summed E-state index contributed by atoms with van der Waals surface area (Å²) in [4.78, 5) is 73.1. The van der Waals surface area contributed by atoms with E-state index in [0.29, 0.717) is 25.7 Å². The quantitative estimate of drug-likeness (QED) is 0.0222. The van der Waals surface area contributed by atoms with Crippen LogP contribution in [0.5, 0.6) is 0 Å². The third kappa shape index (κ3) is 74.7. The van der Waals surface area contributed by atoms with Gasteiger partial charge in [0.1, 0.15) is 19.3 Å². The highest BCUT2D eigenvalue weighted by atomic mass is 31.2. The van der Waals surface area contributed by atoms with Crippen LogP contribution in [0.15, 0.2) is 0 Å². The molecule has 0 saturated heterocycles. The van der Waals surface area contributed by atoms with Crippen LogP contribution in [0, 0.1) is 23.7 Å². The zero-order chi connectivity index (χ0) is 74.6. The summed E-state index contributed by atoms with van der Waals surface area (Å²) in [6.45, 7) is 14.3. The van der Waals surface area contributed by atoms with Crippen LogP contribution < -0.4 is 0 Å². The van der Waals surface area contributed by atoms with Crippen molar-refractivity contribution in [2.24, 2.45) is 23.7 Å². The van der Waals surface area contributed by atoms with E-state index >= 15 is 0 Å². The van der Waals surface area contributed by atoms with Gasteiger partial charge in [0.25, 0.3) is 0 Å². The van der Waals surface area contributed by atoms with Crippen LogP contribution in [-0.4, -0.2) is 96.7 Å². The minimum absolute atomic E-state index is 0.107. The molecule has 0 aliphatic rings. The van der Waals surface area contributed by atoms with Crippen LogP contribution in [0.2, 0.25) is 0 Å². The number of esters is 4. The molecule has 0 amide bonds. The summed E-state index contributed by atoms with van der Waals surface area (Å²) in [7, 11) is -9.92. The molecule has 17 nitrogen and oxygen atoms in total. The summed E-state index contributed by atoms with van der Waals surface area (Å²) in [5.41, 5.74) is 0. The van der Waals surface area contributed by atoms with Gasteiger partial charge in [-0.05, 0) is 49.4 Å². The van der Waals surface area contributed by atoms with Crippen LogP contribution in [-0.2, 0) is 65.4 Å². The van der Waals surface area contributed by atoms with Crippen molar-refractivity contribution in [2.45, 2.75) is 440 Å². The molecule has 6 atom stereocenters. The zero-order valence-electron chi connectivity index (χ0n) is 66.5. The second kappa shape index (κ2) is 71.0. The Morgan fingerprint density at radius 3 is 0.703 bits per heavy atom. The SMILES string of the molecule is CCC(C)CCCCCCCCC(=O)OC[C@H](COP(=O)(O)OC[C@H](O)COP(=O)(O)OC[C@@H](COC(=O)CCCCCCCCCCCCCCC(C)C)OC(=O)CCCCCCCCCCCCCCCCC(C)C)OC(=O)CCCCCCCCCCCCCCCCCCC(C)C. The van der Waals surface area contributed by atoms with E-state index in [1.807, 2.05) is 0 Å². The Labute approximate surface area is 619 Å². The van der Waals surface area contributed by atoms with Crippen molar-refractivity contribution in [2.75, 3.05) is 39.6 Å². The molecule has 101 heavy (non-hydrogen) atoms. The average Bonchev–Trinajstić information content (AvgIpc) is 0.992. The van der Waals surface area contributed by atoms with Gasteiger partial charge in [-0.2, -0.15) is 0 Å². The van der Waals surface area contributed by atoms with Gasteiger partial charge >= 0.3 is 39.5 Å². The standard InChI is InChI=1S/C82H160O17P2/c1-9-75(8)61-53-45-40-41-47-55-63-80(85)93-69-78(99-82(87)65-56-48-38-32-26-18-13-11-10-12-16-22-28-34-42-50-58-72(2)3)71-97-101(90,91)95-67-76(83)66-94-100(88,89)96-70-77(68-92-79(84)62-54-46-37-31-25-21-20-24-30-36-44-52-60-74(6)7)98-81(86)64-57-49-39-33-27-19-15-14-17-23-29-35-43-51-59-73(4)5/h72-78,83H,9-71H2,1-8H3,(H,88,89)(H,90,91)/t75?,76-,77-,78-/m1/s1. The number of hydrogen-bond donors (Lipinski definition) is 3. The first kappa shape index (κ1) is 99.1. The highest BCUT2D eigenvalue weighted by Gasteiger charge is 2.30. The van der Waals surface area contributed by atoms with E-state index in [0.717, 1.165) is 120 Å². The molecule has 0 fully saturated rings. The fourth-order valence-corrected chi connectivity index (χ4v) is 14.2. The lowest BCUT2D eigenvalue weighted by molar-refractivity contribution is -0.161. The second-order valence-corrected chi connectivity index (χ2v) is 34.1. The molecule has 0 aliphatic heterocycles. The van der Waals surface area contributed by atoms with Crippen LogP contribution >= 0.6 is 15.6 Å². The van der Waals surface area contributed by atoms with Crippen molar-refractivity contribution in [3.05, 3.63) is 0 Å².